The highest BCUT2D eigenvalue weighted by Gasteiger charge is 2.10. The van der Waals surface area contributed by atoms with Gasteiger partial charge in [0, 0.05) is 30.5 Å². The minimum Gasteiger partial charge on any atom is -0.397 e. The van der Waals surface area contributed by atoms with Gasteiger partial charge in [-0.25, -0.2) is 0 Å². The molecule has 1 amide bonds. The molecule has 6 heteroatoms. The van der Waals surface area contributed by atoms with E-state index in [2.05, 4.69) is 15.7 Å². The molecule has 0 aliphatic rings. The first-order valence-electron chi connectivity index (χ1n) is 7.02. The number of carbonyl (C=O) groups excluding carboxylic acids is 1. The Morgan fingerprint density at radius 3 is 2.95 bits per heavy atom. The van der Waals surface area contributed by atoms with E-state index in [4.69, 9.17) is 5.73 Å². The molecule has 21 heavy (non-hydrogen) atoms. The van der Waals surface area contributed by atoms with Crippen molar-refractivity contribution in [2.45, 2.75) is 26.4 Å². The number of benzene rings is 1. The van der Waals surface area contributed by atoms with Gasteiger partial charge in [-0.1, -0.05) is 0 Å². The van der Waals surface area contributed by atoms with Gasteiger partial charge in [-0.05, 0) is 38.1 Å². The molecule has 1 unspecified atom stereocenters. The van der Waals surface area contributed by atoms with Crippen LogP contribution in [-0.2, 0) is 6.54 Å². The fourth-order valence-corrected chi connectivity index (χ4v) is 2.09. The van der Waals surface area contributed by atoms with Crippen LogP contribution in [0.15, 0.2) is 36.7 Å². The molecule has 1 aromatic heterocycles. The number of nitrogens with zero attached hydrogens (tertiary/aromatic N) is 2. The molecule has 1 heterocycles. The molecule has 2 aromatic rings. The monoisotopic (exact) mass is 287 g/mol. The maximum Gasteiger partial charge on any atom is 0.251 e. The summed E-state index contributed by atoms with van der Waals surface area (Å²) in [5.41, 5.74) is 7.95. The summed E-state index contributed by atoms with van der Waals surface area (Å²) in [4.78, 5) is 11.9. The van der Waals surface area contributed by atoms with E-state index in [9.17, 15) is 4.79 Å². The van der Waals surface area contributed by atoms with Crippen molar-refractivity contribution in [3.63, 3.8) is 0 Å². The van der Waals surface area contributed by atoms with Crippen LogP contribution < -0.4 is 16.4 Å². The number of hydrogen-bond donors (Lipinski definition) is 3. The fourth-order valence-electron chi connectivity index (χ4n) is 2.09. The second kappa shape index (κ2) is 6.78. The van der Waals surface area contributed by atoms with Crippen molar-refractivity contribution in [3.05, 3.63) is 42.2 Å². The second-order valence-corrected chi connectivity index (χ2v) is 4.93. The number of nitrogens with two attached hydrogens (primary N) is 1. The van der Waals surface area contributed by atoms with Crippen LogP contribution in [0.2, 0.25) is 0 Å². The molecule has 0 aliphatic heterocycles. The molecule has 0 spiro atoms. The molecule has 112 valence electrons. The number of rotatable bonds is 6. The first-order valence-corrected chi connectivity index (χ1v) is 7.02. The highest BCUT2D eigenvalue weighted by atomic mass is 16.1. The zero-order valence-electron chi connectivity index (χ0n) is 12.3. The molecule has 0 saturated carbocycles. The first kappa shape index (κ1) is 14.9. The predicted octanol–water partition coefficient (Wildman–Crippen LogP) is 1.72. The first-order chi connectivity index (χ1) is 10.1. The average Bonchev–Trinajstić information content (AvgIpc) is 2.94. The van der Waals surface area contributed by atoms with Gasteiger partial charge in [0.05, 0.1) is 17.9 Å². The van der Waals surface area contributed by atoms with E-state index < -0.39 is 0 Å². The summed E-state index contributed by atoms with van der Waals surface area (Å²) in [7, 11) is 0. The van der Waals surface area contributed by atoms with E-state index >= 15 is 0 Å². The number of hydrogen-bond acceptors (Lipinski definition) is 4. The van der Waals surface area contributed by atoms with Crippen LogP contribution >= 0.6 is 0 Å². The van der Waals surface area contributed by atoms with Crippen LogP contribution in [0.5, 0.6) is 0 Å². The average molecular weight is 287 g/mol. The summed E-state index contributed by atoms with van der Waals surface area (Å²) in [5, 5.41) is 10.3. The number of nitrogens with one attached hydrogen (secondary N) is 2. The van der Waals surface area contributed by atoms with Crippen molar-refractivity contribution in [1.82, 2.24) is 15.1 Å². The van der Waals surface area contributed by atoms with Crippen LogP contribution in [0.1, 0.15) is 24.2 Å². The normalized spacial score (nSPS) is 11.9. The van der Waals surface area contributed by atoms with Gasteiger partial charge in [0.1, 0.15) is 0 Å². The third kappa shape index (κ3) is 3.98. The summed E-state index contributed by atoms with van der Waals surface area (Å²) in [6.45, 7) is 5.25. The van der Waals surface area contributed by atoms with Crippen molar-refractivity contribution >= 4 is 17.3 Å². The van der Waals surface area contributed by atoms with Crippen molar-refractivity contribution in [2.75, 3.05) is 17.6 Å². The number of nitrogen functional groups attached to an aromatic ring is 1. The van der Waals surface area contributed by atoms with Gasteiger partial charge >= 0.3 is 0 Å². The van der Waals surface area contributed by atoms with Gasteiger partial charge in [-0.2, -0.15) is 5.10 Å². The summed E-state index contributed by atoms with van der Waals surface area (Å²) in [6, 6.07) is 7.27. The fraction of sp³-hybridized carbons (Fsp3) is 0.333. The molecule has 4 N–H and O–H groups in total. The lowest BCUT2D eigenvalue weighted by Crippen LogP contribution is -2.25. The van der Waals surface area contributed by atoms with Crippen molar-refractivity contribution < 1.29 is 4.79 Å². The largest absolute Gasteiger partial charge is 0.397 e. The maximum absolute atomic E-state index is 11.9. The Labute approximate surface area is 124 Å². The molecular formula is C15H21N5O. The lowest BCUT2D eigenvalue weighted by atomic mass is 10.1. The summed E-state index contributed by atoms with van der Waals surface area (Å²) in [5.74, 6) is -0.0970. The zero-order chi connectivity index (χ0) is 15.2. The Kier molecular flexibility index (Phi) is 4.81. The maximum atomic E-state index is 11.9. The smallest absolute Gasteiger partial charge is 0.251 e. The van der Waals surface area contributed by atoms with Gasteiger partial charge in [0.2, 0.25) is 0 Å². The molecule has 6 nitrogen and oxygen atoms in total. The molecule has 0 fully saturated rings. The Morgan fingerprint density at radius 2 is 2.29 bits per heavy atom. The highest BCUT2D eigenvalue weighted by molar-refractivity contribution is 5.96. The van der Waals surface area contributed by atoms with Crippen LogP contribution in [0.3, 0.4) is 0 Å². The van der Waals surface area contributed by atoms with Gasteiger partial charge in [-0.3, -0.25) is 9.48 Å². The summed E-state index contributed by atoms with van der Waals surface area (Å²) < 4.78 is 1.85. The summed E-state index contributed by atoms with van der Waals surface area (Å²) in [6.07, 6.45) is 3.66. The minimum absolute atomic E-state index is 0.0970. The van der Waals surface area contributed by atoms with Gasteiger partial charge in [0.15, 0.2) is 0 Å². The number of aromatic nitrogens is 2. The molecule has 0 saturated heterocycles. The molecule has 0 bridgehead atoms. The Hall–Kier alpha value is -2.50. The van der Waals surface area contributed by atoms with Crippen molar-refractivity contribution in [3.8, 4) is 0 Å². The van der Waals surface area contributed by atoms with Crippen molar-refractivity contribution in [1.29, 1.82) is 0 Å². The number of carbonyl (C=O) groups is 1. The molecule has 1 atom stereocenters. The van der Waals surface area contributed by atoms with E-state index in [-0.39, 0.29) is 11.9 Å². The SMILES string of the molecule is CCNC(=O)c1ccc(N)c(NC(C)Cn2cccn2)c1. The quantitative estimate of drug-likeness (QED) is 0.706. The third-order valence-electron chi connectivity index (χ3n) is 3.07. The molecule has 2 rings (SSSR count). The van der Waals surface area contributed by atoms with E-state index in [1.807, 2.05) is 30.8 Å². The Balaban J connectivity index is 2.07. The topological polar surface area (TPSA) is 85.0 Å². The van der Waals surface area contributed by atoms with Gasteiger partial charge in [0.25, 0.3) is 5.91 Å². The standard InChI is InChI=1S/C15H21N5O/c1-3-17-15(21)12-5-6-13(16)14(9-12)19-11(2)10-20-8-4-7-18-20/h4-9,11,19H,3,10,16H2,1-2H3,(H,17,21). The van der Waals surface area contributed by atoms with E-state index in [1.165, 1.54) is 0 Å². The summed E-state index contributed by atoms with van der Waals surface area (Å²) >= 11 is 0. The lowest BCUT2D eigenvalue weighted by Gasteiger charge is -2.17. The van der Waals surface area contributed by atoms with E-state index in [0.29, 0.717) is 17.8 Å². The van der Waals surface area contributed by atoms with E-state index in [0.717, 1.165) is 12.2 Å². The number of amides is 1. The van der Waals surface area contributed by atoms with Crippen LogP contribution in [0, 0.1) is 0 Å². The third-order valence-corrected chi connectivity index (χ3v) is 3.07. The van der Waals surface area contributed by atoms with Crippen molar-refractivity contribution in [2.24, 2.45) is 0 Å². The predicted molar refractivity (Wildman–Crippen MR) is 84.2 cm³/mol. The minimum atomic E-state index is -0.0970. The lowest BCUT2D eigenvalue weighted by molar-refractivity contribution is 0.0956. The van der Waals surface area contributed by atoms with Crippen LogP contribution in [0.4, 0.5) is 11.4 Å². The van der Waals surface area contributed by atoms with Crippen LogP contribution in [0.25, 0.3) is 0 Å². The molecule has 1 aromatic carbocycles. The molecule has 0 radical (unpaired) electrons. The number of anilines is 2. The second-order valence-electron chi connectivity index (χ2n) is 4.93. The van der Waals surface area contributed by atoms with Gasteiger partial charge in [-0.15, -0.1) is 0 Å². The zero-order valence-corrected chi connectivity index (χ0v) is 12.3. The van der Waals surface area contributed by atoms with Crippen LogP contribution in [-0.4, -0.2) is 28.3 Å². The molecule has 0 aliphatic carbocycles. The highest BCUT2D eigenvalue weighted by Crippen LogP contribution is 2.21. The Morgan fingerprint density at radius 1 is 1.48 bits per heavy atom. The van der Waals surface area contributed by atoms with Gasteiger partial charge < -0.3 is 16.4 Å². The molecular weight excluding hydrogens is 266 g/mol. The van der Waals surface area contributed by atoms with E-state index in [1.54, 1.807) is 24.4 Å². The Bertz CT molecular complexity index is 594.